The lowest BCUT2D eigenvalue weighted by Gasteiger charge is -2.29. The molecule has 3 heterocycles. The Morgan fingerprint density at radius 2 is 1.88 bits per heavy atom. The van der Waals surface area contributed by atoms with Crippen LogP contribution in [0.3, 0.4) is 0 Å². The molecule has 1 atom stereocenters. The van der Waals surface area contributed by atoms with Crippen LogP contribution in [0, 0.1) is 6.92 Å². The highest BCUT2D eigenvalue weighted by Gasteiger charge is 2.39. The van der Waals surface area contributed by atoms with Crippen molar-refractivity contribution in [1.29, 1.82) is 0 Å². The summed E-state index contributed by atoms with van der Waals surface area (Å²) in [5, 5.41) is 12.1. The summed E-state index contributed by atoms with van der Waals surface area (Å²) in [6.07, 6.45) is 0.504. The summed E-state index contributed by atoms with van der Waals surface area (Å²) in [5.41, 5.74) is 4.75. The number of hydrogen-bond donors (Lipinski definition) is 3. The molecular weight excluding hydrogens is 422 g/mol. The van der Waals surface area contributed by atoms with E-state index in [4.69, 9.17) is 0 Å². The van der Waals surface area contributed by atoms with Crippen LogP contribution in [0.1, 0.15) is 44.8 Å². The van der Waals surface area contributed by atoms with E-state index in [-0.39, 0.29) is 30.7 Å². The van der Waals surface area contributed by atoms with Crippen LogP contribution in [-0.2, 0) is 16.1 Å². The fourth-order valence-corrected chi connectivity index (χ4v) is 4.16. The van der Waals surface area contributed by atoms with E-state index in [2.05, 4.69) is 20.8 Å². The zero-order chi connectivity index (χ0) is 23.1. The molecule has 2 aliphatic rings. The summed E-state index contributed by atoms with van der Waals surface area (Å²) in [6.45, 7) is 2.24. The van der Waals surface area contributed by atoms with E-state index < -0.39 is 11.9 Å². The summed E-state index contributed by atoms with van der Waals surface area (Å²) in [4.78, 5) is 50.6. The first-order chi connectivity index (χ1) is 15.9. The second-order valence-corrected chi connectivity index (χ2v) is 8.26. The fraction of sp³-hybridized carbons (Fsp3) is 0.208. The van der Waals surface area contributed by atoms with E-state index in [1.807, 2.05) is 31.2 Å². The third kappa shape index (κ3) is 3.89. The topological polar surface area (TPSA) is 124 Å². The van der Waals surface area contributed by atoms with Crippen molar-refractivity contribution in [3.8, 4) is 11.3 Å². The summed E-state index contributed by atoms with van der Waals surface area (Å²) < 4.78 is 0. The Morgan fingerprint density at radius 1 is 1.09 bits per heavy atom. The molecule has 0 spiro atoms. The number of fused-ring (bicyclic) bond motifs is 1. The van der Waals surface area contributed by atoms with Crippen LogP contribution in [-0.4, -0.2) is 44.8 Å². The lowest BCUT2D eigenvalue weighted by molar-refractivity contribution is -0.136. The maximum Gasteiger partial charge on any atom is 0.273 e. The smallest absolute Gasteiger partial charge is 0.273 e. The average molecular weight is 443 g/mol. The van der Waals surface area contributed by atoms with Crippen LogP contribution >= 0.6 is 0 Å². The molecule has 2 aromatic carbocycles. The molecule has 9 heteroatoms. The molecule has 1 unspecified atom stereocenters. The Hall–Kier alpha value is -4.27. The molecule has 0 radical (unpaired) electrons. The monoisotopic (exact) mass is 443 g/mol. The molecule has 166 valence electrons. The van der Waals surface area contributed by atoms with Crippen molar-refractivity contribution < 1.29 is 19.2 Å². The Morgan fingerprint density at radius 3 is 2.64 bits per heavy atom. The minimum atomic E-state index is -0.675. The number of carbonyl (C=O) groups excluding carboxylic acids is 4. The van der Waals surface area contributed by atoms with Gasteiger partial charge in [0, 0.05) is 29.8 Å². The van der Waals surface area contributed by atoms with E-state index in [1.165, 1.54) is 4.90 Å². The highest BCUT2D eigenvalue weighted by atomic mass is 16.2. The number of benzene rings is 2. The van der Waals surface area contributed by atoms with Crippen LogP contribution in [0.15, 0.2) is 48.5 Å². The molecular formula is C24H21N5O4. The number of carbonyl (C=O) groups is 4. The number of imide groups is 1. The number of aromatic amines is 1. The van der Waals surface area contributed by atoms with E-state index >= 15 is 0 Å². The van der Waals surface area contributed by atoms with Gasteiger partial charge in [0.1, 0.15) is 11.7 Å². The lowest BCUT2D eigenvalue weighted by atomic mass is 10.0. The Balaban J connectivity index is 1.30. The summed E-state index contributed by atoms with van der Waals surface area (Å²) in [6, 6.07) is 13.9. The quantitative estimate of drug-likeness (QED) is 0.534. The minimum Gasteiger partial charge on any atom is -0.322 e. The molecule has 0 bridgehead atoms. The van der Waals surface area contributed by atoms with E-state index in [9.17, 15) is 19.2 Å². The van der Waals surface area contributed by atoms with Gasteiger partial charge in [-0.15, -0.1) is 0 Å². The molecule has 3 aromatic rings. The number of aromatic nitrogens is 2. The molecule has 0 aliphatic carbocycles. The summed E-state index contributed by atoms with van der Waals surface area (Å²) in [7, 11) is 0. The third-order valence-electron chi connectivity index (χ3n) is 5.95. The van der Waals surface area contributed by atoms with Gasteiger partial charge in [-0.05, 0) is 43.2 Å². The third-order valence-corrected chi connectivity index (χ3v) is 5.95. The van der Waals surface area contributed by atoms with E-state index in [0.29, 0.717) is 34.6 Å². The number of aryl methyl sites for hydroxylation is 1. The Kier molecular flexibility index (Phi) is 5.01. The SMILES string of the molecule is Cc1ccc(-c2cc(C(=O)Nc3ccc4c(c3)CN(C3CCC(=O)NC3=O)C4=O)[nH]n2)cc1. The molecule has 2 aliphatic heterocycles. The molecule has 1 saturated heterocycles. The van der Waals surface area contributed by atoms with Crippen LogP contribution in [0.5, 0.6) is 0 Å². The van der Waals surface area contributed by atoms with E-state index in [1.54, 1.807) is 24.3 Å². The zero-order valence-corrected chi connectivity index (χ0v) is 17.8. The van der Waals surface area contributed by atoms with Gasteiger partial charge in [0.2, 0.25) is 11.8 Å². The second-order valence-electron chi connectivity index (χ2n) is 8.26. The number of nitrogens with one attached hydrogen (secondary N) is 3. The maximum atomic E-state index is 12.8. The van der Waals surface area contributed by atoms with Crippen LogP contribution < -0.4 is 10.6 Å². The molecule has 1 fully saturated rings. The van der Waals surface area contributed by atoms with Gasteiger partial charge in [0.25, 0.3) is 11.8 Å². The molecule has 3 N–H and O–H groups in total. The van der Waals surface area contributed by atoms with Gasteiger partial charge >= 0.3 is 0 Å². The van der Waals surface area contributed by atoms with Gasteiger partial charge in [0.05, 0.1) is 5.69 Å². The number of piperidine rings is 1. The first-order valence-corrected chi connectivity index (χ1v) is 10.6. The first kappa shape index (κ1) is 20.6. The van der Waals surface area contributed by atoms with Crippen molar-refractivity contribution in [2.45, 2.75) is 32.4 Å². The van der Waals surface area contributed by atoms with Gasteiger partial charge in [0.15, 0.2) is 0 Å². The van der Waals surface area contributed by atoms with Crippen molar-refractivity contribution in [2.75, 3.05) is 5.32 Å². The number of rotatable bonds is 4. The predicted octanol–water partition coefficient (Wildman–Crippen LogP) is 2.40. The van der Waals surface area contributed by atoms with Crippen molar-refractivity contribution in [3.63, 3.8) is 0 Å². The number of anilines is 1. The maximum absolute atomic E-state index is 12.8. The van der Waals surface area contributed by atoms with Crippen molar-refractivity contribution >= 4 is 29.3 Å². The second kappa shape index (κ2) is 8.01. The Bertz CT molecular complexity index is 1290. The van der Waals surface area contributed by atoms with Crippen molar-refractivity contribution in [1.82, 2.24) is 20.4 Å². The summed E-state index contributed by atoms with van der Waals surface area (Å²) in [5.74, 6) is -1.39. The molecule has 4 amide bonds. The van der Waals surface area contributed by atoms with Gasteiger partial charge in [-0.2, -0.15) is 5.10 Å². The largest absolute Gasteiger partial charge is 0.322 e. The number of H-pyrrole nitrogens is 1. The predicted molar refractivity (Wildman–Crippen MR) is 119 cm³/mol. The first-order valence-electron chi connectivity index (χ1n) is 10.6. The zero-order valence-electron chi connectivity index (χ0n) is 17.8. The van der Waals surface area contributed by atoms with Crippen LogP contribution in [0.4, 0.5) is 5.69 Å². The lowest BCUT2D eigenvalue weighted by Crippen LogP contribution is -2.52. The van der Waals surface area contributed by atoms with Gasteiger partial charge in [-0.3, -0.25) is 29.6 Å². The van der Waals surface area contributed by atoms with E-state index in [0.717, 1.165) is 11.1 Å². The van der Waals surface area contributed by atoms with Crippen LogP contribution in [0.25, 0.3) is 11.3 Å². The Labute approximate surface area is 189 Å². The van der Waals surface area contributed by atoms with Gasteiger partial charge < -0.3 is 10.2 Å². The highest BCUT2D eigenvalue weighted by Crippen LogP contribution is 2.29. The van der Waals surface area contributed by atoms with Crippen LogP contribution in [0.2, 0.25) is 0 Å². The minimum absolute atomic E-state index is 0.201. The van der Waals surface area contributed by atoms with Gasteiger partial charge in [-0.25, -0.2) is 0 Å². The molecule has 1 aromatic heterocycles. The molecule has 5 rings (SSSR count). The summed E-state index contributed by atoms with van der Waals surface area (Å²) >= 11 is 0. The molecule has 9 nitrogen and oxygen atoms in total. The normalized spacial score (nSPS) is 17.7. The standard InChI is InChI=1S/C24H21N5O4/c1-13-2-4-14(5-3-13)18-11-19(28-27-18)22(31)25-16-6-7-17-15(10-16)12-29(24(17)33)20-8-9-21(30)26-23(20)32/h2-7,10-11,20H,8-9,12H2,1H3,(H,25,31)(H,27,28)(H,26,30,32). The van der Waals surface area contributed by atoms with Crippen molar-refractivity contribution in [3.05, 3.63) is 70.9 Å². The highest BCUT2D eigenvalue weighted by molar-refractivity contribution is 6.06. The number of amides is 4. The number of nitrogens with zero attached hydrogens (tertiary/aromatic N) is 2. The molecule has 33 heavy (non-hydrogen) atoms. The fourth-order valence-electron chi connectivity index (χ4n) is 4.16. The van der Waals surface area contributed by atoms with Crippen molar-refractivity contribution in [2.24, 2.45) is 0 Å². The molecule has 0 saturated carbocycles. The number of hydrogen-bond acceptors (Lipinski definition) is 5. The van der Waals surface area contributed by atoms with Gasteiger partial charge in [-0.1, -0.05) is 29.8 Å². The average Bonchev–Trinajstić information content (AvgIpc) is 3.40.